The molecule has 0 aromatic carbocycles. The van der Waals surface area contributed by atoms with Crippen LogP contribution in [0.2, 0.25) is 0 Å². The molecule has 0 aliphatic rings. The van der Waals surface area contributed by atoms with Gasteiger partial charge in [0.2, 0.25) is 0 Å². The first kappa shape index (κ1) is 9.69. The molecule has 1 atom stereocenters. The lowest BCUT2D eigenvalue weighted by atomic mass is 10.3. The lowest BCUT2D eigenvalue weighted by Crippen LogP contribution is -2.35. The third kappa shape index (κ3) is 2.53. The summed E-state index contributed by atoms with van der Waals surface area (Å²) >= 11 is 0. The molecule has 1 rings (SSSR count). The Morgan fingerprint density at radius 1 is 1.92 bits per heavy atom. The highest BCUT2D eigenvalue weighted by molar-refractivity contribution is 5.93. The van der Waals surface area contributed by atoms with E-state index in [1.807, 2.05) is 0 Å². The van der Waals surface area contributed by atoms with Gasteiger partial charge >= 0.3 is 0 Å². The number of H-pyrrole nitrogens is 1. The Kier molecular flexibility index (Phi) is 3.41. The van der Waals surface area contributed by atoms with Crippen LogP contribution in [-0.4, -0.2) is 35.9 Å². The van der Waals surface area contributed by atoms with Crippen LogP contribution in [-0.2, 0) is 9.53 Å². The highest BCUT2D eigenvalue weighted by atomic mass is 16.5. The van der Waals surface area contributed by atoms with Gasteiger partial charge < -0.3 is 15.8 Å². The molecule has 13 heavy (non-hydrogen) atoms. The molecule has 0 spiro atoms. The fraction of sp³-hybridized carbons (Fsp3) is 0.429. The first-order valence-corrected chi connectivity index (χ1v) is 3.81. The van der Waals surface area contributed by atoms with Crippen molar-refractivity contribution in [3.05, 3.63) is 12.3 Å². The predicted octanol–water partition coefficient (Wildman–Crippen LogP) is -0.678. The van der Waals surface area contributed by atoms with Crippen molar-refractivity contribution in [2.45, 2.75) is 6.10 Å². The van der Waals surface area contributed by atoms with Gasteiger partial charge in [-0.05, 0) is 0 Å². The summed E-state index contributed by atoms with van der Waals surface area (Å²) in [5.74, 6) is 0.245. The summed E-state index contributed by atoms with van der Waals surface area (Å²) in [6.07, 6.45) is 0.920. The van der Waals surface area contributed by atoms with Crippen LogP contribution in [0.1, 0.15) is 0 Å². The number of aromatic nitrogens is 2. The zero-order valence-electron chi connectivity index (χ0n) is 7.28. The van der Waals surface area contributed by atoms with E-state index in [1.54, 1.807) is 12.3 Å². The van der Waals surface area contributed by atoms with E-state index in [-0.39, 0.29) is 12.5 Å². The average Bonchev–Trinajstić information content (AvgIpc) is 2.59. The summed E-state index contributed by atoms with van der Waals surface area (Å²) in [5.41, 5.74) is 5.30. The highest BCUT2D eigenvalue weighted by Gasteiger charge is 2.15. The predicted molar refractivity (Wildman–Crippen MR) is 47.1 cm³/mol. The lowest BCUT2D eigenvalue weighted by molar-refractivity contribution is -0.125. The number of rotatable bonds is 4. The maximum Gasteiger partial charge on any atom is 0.255 e. The zero-order chi connectivity index (χ0) is 9.68. The molecule has 1 amide bonds. The van der Waals surface area contributed by atoms with E-state index in [4.69, 9.17) is 10.5 Å². The van der Waals surface area contributed by atoms with Gasteiger partial charge in [0.05, 0.1) is 6.20 Å². The number of hydrogen-bond acceptors (Lipinski definition) is 4. The van der Waals surface area contributed by atoms with Crippen molar-refractivity contribution in [2.24, 2.45) is 5.73 Å². The fourth-order valence-electron chi connectivity index (χ4n) is 0.849. The highest BCUT2D eigenvalue weighted by Crippen LogP contribution is 2.00. The van der Waals surface area contributed by atoms with E-state index in [2.05, 4.69) is 15.5 Å². The van der Waals surface area contributed by atoms with Crippen molar-refractivity contribution in [2.75, 3.05) is 19.0 Å². The second kappa shape index (κ2) is 4.58. The third-order valence-electron chi connectivity index (χ3n) is 1.55. The number of aromatic amines is 1. The van der Waals surface area contributed by atoms with Gasteiger partial charge in [-0.3, -0.25) is 9.89 Å². The molecule has 0 aliphatic carbocycles. The van der Waals surface area contributed by atoms with Crippen LogP contribution in [0.3, 0.4) is 0 Å². The molecule has 1 unspecified atom stereocenters. The molecule has 0 fully saturated rings. The van der Waals surface area contributed by atoms with Gasteiger partial charge in [0.1, 0.15) is 11.9 Å². The van der Waals surface area contributed by atoms with Gasteiger partial charge in [-0.2, -0.15) is 5.10 Å². The summed E-state index contributed by atoms with van der Waals surface area (Å²) in [7, 11) is 1.43. The van der Waals surface area contributed by atoms with Crippen LogP contribution < -0.4 is 11.1 Å². The third-order valence-corrected chi connectivity index (χ3v) is 1.55. The summed E-state index contributed by atoms with van der Waals surface area (Å²) < 4.78 is 4.84. The van der Waals surface area contributed by atoms with E-state index >= 15 is 0 Å². The smallest absolute Gasteiger partial charge is 0.255 e. The number of anilines is 1. The number of ether oxygens (including phenoxy) is 1. The van der Waals surface area contributed by atoms with Crippen LogP contribution >= 0.6 is 0 Å². The Labute approximate surface area is 75.5 Å². The maximum atomic E-state index is 11.3. The molecule has 0 aliphatic heterocycles. The zero-order valence-corrected chi connectivity index (χ0v) is 7.28. The molecule has 1 heterocycles. The van der Waals surface area contributed by atoms with Gasteiger partial charge in [-0.25, -0.2) is 0 Å². The number of carbonyl (C=O) groups is 1. The monoisotopic (exact) mass is 184 g/mol. The number of hydrogen-bond donors (Lipinski definition) is 3. The van der Waals surface area contributed by atoms with E-state index in [0.29, 0.717) is 5.82 Å². The average molecular weight is 184 g/mol. The number of carbonyl (C=O) groups excluding carboxylic acids is 1. The fourth-order valence-corrected chi connectivity index (χ4v) is 0.849. The van der Waals surface area contributed by atoms with Crippen LogP contribution in [0, 0.1) is 0 Å². The summed E-state index contributed by atoms with van der Waals surface area (Å²) in [6, 6.07) is 1.64. The van der Waals surface area contributed by atoms with E-state index < -0.39 is 6.10 Å². The summed E-state index contributed by atoms with van der Waals surface area (Å²) in [6.45, 7) is 0.149. The normalized spacial score (nSPS) is 12.5. The van der Waals surface area contributed by atoms with Crippen LogP contribution in [0.15, 0.2) is 12.3 Å². The maximum absolute atomic E-state index is 11.3. The number of nitrogens with two attached hydrogens (primary N) is 1. The van der Waals surface area contributed by atoms with Gasteiger partial charge in [0, 0.05) is 19.7 Å². The molecule has 4 N–H and O–H groups in total. The van der Waals surface area contributed by atoms with Crippen molar-refractivity contribution in [3.63, 3.8) is 0 Å². The molecule has 0 saturated carbocycles. The summed E-state index contributed by atoms with van der Waals surface area (Å²) in [4.78, 5) is 11.3. The molecule has 0 saturated heterocycles. The topological polar surface area (TPSA) is 93.0 Å². The molecule has 72 valence electrons. The van der Waals surface area contributed by atoms with E-state index in [0.717, 1.165) is 0 Å². The minimum atomic E-state index is -0.622. The van der Waals surface area contributed by atoms with Crippen molar-refractivity contribution in [1.82, 2.24) is 10.2 Å². The minimum absolute atomic E-state index is 0.149. The van der Waals surface area contributed by atoms with Gasteiger partial charge in [0.15, 0.2) is 0 Å². The molecule has 1 aromatic rings. The Morgan fingerprint density at radius 3 is 3.15 bits per heavy atom. The van der Waals surface area contributed by atoms with E-state index in [1.165, 1.54) is 7.11 Å². The number of methoxy groups -OCH3 is 1. The molecular formula is C7H12N4O2. The van der Waals surface area contributed by atoms with Crippen molar-refractivity contribution < 1.29 is 9.53 Å². The van der Waals surface area contributed by atoms with Crippen LogP contribution in [0.4, 0.5) is 5.82 Å². The Hall–Kier alpha value is -1.40. The van der Waals surface area contributed by atoms with Crippen LogP contribution in [0.5, 0.6) is 0 Å². The first-order valence-electron chi connectivity index (χ1n) is 3.81. The second-order valence-corrected chi connectivity index (χ2v) is 2.42. The largest absolute Gasteiger partial charge is 0.370 e. The second-order valence-electron chi connectivity index (χ2n) is 2.42. The van der Waals surface area contributed by atoms with Gasteiger partial charge in [-0.1, -0.05) is 0 Å². The quantitative estimate of drug-likeness (QED) is 0.578. The SMILES string of the molecule is COC(CN)C(=O)Nc1ccn[nH]1. The molecule has 6 nitrogen and oxygen atoms in total. The van der Waals surface area contributed by atoms with Gasteiger partial charge in [-0.15, -0.1) is 0 Å². The van der Waals surface area contributed by atoms with Crippen molar-refractivity contribution >= 4 is 11.7 Å². The Morgan fingerprint density at radius 2 is 2.69 bits per heavy atom. The molecule has 0 bridgehead atoms. The molecular weight excluding hydrogens is 172 g/mol. The molecule has 1 aromatic heterocycles. The van der Waals surface area contributed by atoms with Crippen molar-refractivity contribution in [3.8, 4) is 0 Å². The molecule has 0 radical (unpaired) electrons. The molecule has 6 heteroatoms. The van der Waals surface area contributed by atoms with Crippen molar-refractivity contribution in [1.29, 1.82) is 0 Å². The number of nitrogens with zero attached hydrogens (tertiary/aromatic N) is 1. The number of amides is 1. The Bertz CT molecular complexity index is 255. The van der Waals surface area contributed by atoms with Gasteiger partial charge in [0.25, 0.3) is 5.91 Å². The lowest BCUT2D eigenvalue weighted by Gasteiger charge is -2.11. The summed E-state index contributed by atoms with van der Waals surface area (Å²) in [5, 5.41) is 8.83. The Balaban J connectivity index is 2.49. The standard InChI is InChI=1S/C7H12N4O2/c1-13-5(4-8)7(12)10-6-2-3-9-11-6/h2-3,5H,4,8H2,1H3,(H2,9,10,11,12). The minimum Gasteiger partial charge on any atom is -0.370 e. The van der Waals surface area contributed by atoms with E-state index in [9.17, 15) is 4.79 Å². The number of nitrogens with one attached hydrogen (secondary N) is 2. The van der Waals surface area contributed by atoms with Crippen LogP contribution in [0.25, 0.3) is 0 Å². The first-order chi connectivity index (χ1) is 6.27.